The molecule has 198 valence electrons. The van der Waals surface area contributed by atoms with Crippen molar-refractivity contribution in [1.29, 1.82) is 0 Å². The maximum absolute atomic E-state index is 13.0. The molecule has 4 rings (SSSR count). The number of hydrogen-bond donors (Lipinski definition) is 2. The molecule has 4 heterocycles. The van der Waals surface area contributed by atoms with Crippen LogP contribution >= 0.6 is 0 Å². The van der Waals surface area contributed by atoms with Crippen molar-refractivity contribution < 1.29 is 26.5 Å². The van der Waals surface area contributed by atoms with E-state index in [0.29, 0.717) is 5.56 Å². The molecule has 5 atom stereocenters. The molecular formula is C22H37N3O8SSi. The number of aromatic nitrogens is 2. The Labute approximate surface area is 206 Å². The van der Waals surface area contributed by atoms with Gasteiger partial charge in [-0.1, -0.05) is 34.6 Å². The maximum atomic E-state index is 13.0. The van der Waals surface area contributed by atoms with Crippen LogP contribution in [0.2, 0.25) is 18.1 Å². The first-order chi connectivity index (χ1) is 15.9. The van der Waals surface area contributed by atoms with E-state index in [4.69, 9.17) is 18.1 Å². The number of nitrogens with zero attached hydrogens (tertiary/aromatic N) is 1. The molecule has 3 aliphatic rings. The highest BCUT2D eigenvalue weighted by Crippen LogP contribution is 2.57. The van der Waals surface area contributed by atoms with Crippen LogP contribution in [0.25, 0.3) is 0 Å². The summed E-state index contributed by atoms with van der Waals surface area (Å²) in [5, 5.41) is 3.00. The van der Waals surface area contributed by atoms with Crippen LogP contribution in [-0.4, -0.2) is 68.7 Å². The summed E-state index contributed by atoms with van der Waals surface area (Å²) in [5.74, 6) is -0.274. The summed E-state index contributed by atoms with van der Waals surface area (Å²) in [6, 6.07) is 0. The summed E-state index contributed by atoms with van der Waals surface area (Å²) in [5.41, 5.74) is -3.82. The van der Waals surface area contributed by atoms with E-state index >= 15 is 0 Å². The van der Waals surface area contributed by atoms with E-state index in [1.807, 2.05) is 26.9 Å². The lowest BCUT2D eigenvalue weighted by atomic mass is 9.85. The van der Waals surface area contributed by atoms with Gasteiger partial charge in [0.1, 0.15) is 18.0 Å². The highest BCUT2D eigenvalue weighted by Gasteiger charge is 2.80. The number of rotatable bonds is 6. The molecule has 35 heavy (non-hydrogen) atoms. The molecule has 2 N–H and O–H groups in total. The lowest BCUT2D eigenvalue weighted by Crippen LogP contribution is -2.66. The predicted octanol–water partition coefficient (Wildman–Crippen LogP) is 1.20. The van der Waals surface area contributed by atoms with Crippen LogP contribution < -0.4 is 16.6 Å². The third-order valence-electron chi connectivity index (χ3n) is 7.62. The number of H-pyrrole nitrogens is 1. The van der Waals surface area contributed by atoms with E-state index < -0.39 is 65.2 Å². The SMILES string of the molecule is Cc1cn([C@@H]2OC3CN[C@@]4(OCC(C)C)CS(=O)(=O)O[C@@]34[C@H]2O[Si](C)(C)C(C)(C)C)c(=O)[nH]c1=O. The van der Waals surface area contributed by atoms with Crippen molar-refractivity contribution in [3.05, 3.63) is 32.6 Å². The lowest BCUT2D eigenvalue weighted by Gasteiger charge is -2.45. The summed E-state index contributed by atoms with van der Waals surface area (Å²) in [7, 11) is -6.57. The molecule has 3 fully saturated rings. The summed E-state index contributed by atoms with van der Waals surface area (Å²) >= 11 is 0. The first-order valence-electron chi connectivity index (χ1n) is 11.9. The molecule has 1 unspecified atom stereocenters. The molecule has 3 aliphatic heterocycles. The minimum absolute atomic E-state index is 0.132. The third kappa shape index (κ3) is 4.18. The van der Waals surface area contributed by atoms with E-state index in [2.05, 4.69) is 31.1 Å². The fourth-order valence-electron chi connectivity index (χ4n) is 4.78. The zero-order valence-corrected chi connectivity index (χ0v) is 23.4. The molecule has 11 nitrogen and oxygen atoms in total. The normalized spacial score (nSPS) is 34.4. The van der Waals surface area contributed by atoms with E-state index in [-0.39, 0.29) is 24.1 Å². The molecule has 1 aromatic rings. The van der Waals surface area contributed by atoms with Crippen LogP contribution in [0.4, 0.5) is 0 Å². The maximum Gasteiger partial charge on any atom is 0.330 e. The lowest BCUT2D eigenvalue weighted by molar-refractivity contribution is -0.173. The first kappa shape index (κ1) is 26.7. The fraction of sp³-hybridized carbons (Fsp3) is 0.818. The minimum atomic E-state index is -4.01. The zero-order chi connectivity index (χ0) is 26.2. The Hall–Kier alpha value is -1.35. The van der Waals surface area contributed by atoms with Crippen molar-refractivity contribution in [1.82, 2.24) is 14.9 Å². The van der Waals surface area contributed by atoms with Gasteiger partial charge in [-0.25, -0.2) is 4.79 Å². The van der Waals surface area contributed by atoms with Gasteiger partial charge in [-0.2, -0.15) is 8.42 Å². The molecule has 0 radical (unpaired) electrons. The second kappa shape index (κ2) is 8.33. The molecule has 0 saturated carbocycles. The average Bonchev–Trinajstić information content (AvgIpc) is 3.23. The van der Waals surface area contributed by atoms with Crippen LogP contribution in [-0.2, 0) is 28.2 Å². The Morgan fingerprint density at radius 1 is 1.29 bits per heavy atom. The van der Waals surface area contributed by atoms with E-state index in [0.717, 1.165) is 0 Å². The molecule has 1 aromatic heterocycles. The minimum Gasteiger partial charge on any atom is -0.406 e. The van der Waals surface area contributed by atoms with Crippen LogP contribution in [0.3, 0.4) is 0 Å². The standard InChI is InChI=1S/C22H37N3O8SSi/c1-13(2)11-30-21-12-34(28,29)33-22(21)15(9-23-21)31-18(16(22)32-35(7,8)20(4,5)6)25-10-14(3)17(26)24-19(25)27/h10,13,15-16,18,23H,9,11-12H2,1-8H3,(H,24,26,27)/t15?,16-,18+,21+,22+/m0/s1. The Balaban J connectivity index is 1.92. The van der Waals surface area contributed by atoms with Gasteiger partial charge in [-0.05, 0) is 31.0 Å². The van der Waals surface area contributed by atoms with Gasteiger partial charge in [0.2, 0.25) is 0 Å². The number of ether oxygens (including phenoxy) is 2. The van der Waals surface area contributed by atoms with Gasteiger partial charge in [0.15, 0.2) is 25.9 Å². The fourth-order valence-corrected chi connectivity index (χ4v) is 7.79. The molecule has 13 heteroatoms. The smallest absolute Gasteiger partial charge is 0.330 e. The second-order valence-corrected chi connectivity index (χ2v) is 18.1. The largest absolute Gasteiger partial charge is 0.406 e. The quantitative estimate of drug-likeness (QED) is 0.410. The van der Waals surface area contributed by atoms with Crippen molar-refractivity contribution in [3.63, 3.8) is 0 Å². The Kier molecular flexibility index (Phi) is 6.36. The van der Waals surface area contributed by atoms with Gasteiger partial charge in [-0.3, -0.25) is 23.8 Å². The van der Waals surface area contributed by atoms with Crippen LogP contribution in [0.15, 0.2) is 15.8 Å². The van der Waals surface area contributed by atoms with E-state index in [1.54, 1.807) is 6.92 Å². The molecule has 3 saturated heterocycles. The van der Waals surface area contributed by atoms with Gasteiger partial charge in [0.25, 0.3) is 15.7 Å². The third-order valence-corrected chi connectivity index (χ3v) is 13.4. The molecular weight excluding hydrogens is 494 g/mol. The van der Waals surface area contributed by atoms with Gasteiger partial charge in [-0.15, -0.1) is 0 Å². The number of nitrogens with one attached hydrogen (secondary N) is 2. The van der Waals surface area contributed by atoms with E-state index in [1.165, 1.54) is 10.8 Å². The Bertz CT molecular complexity index is 1220. The van der Waals surface area contributed by atoms with Crippen molar-refractivity contribution in [2.75, 3.05) is 18.9 Å². The summed E-state index contributed by atoms with van der Waals surface area (Å²) < 4.78 is 52.7. The molecule has 0 bridgehead atoms. The van der Waals surface area contributed by atoms with E-state index in [9.17, 15) is 18.0 Å². The molecule has 1 spiro atoms. The first-order valence-corrected chi connectivity index (χ1v) is 16.4. The van der Waals surface area contributed by atoms with Crippen molar-refractivity contribution >= 4 is 18.4 Å². The predicted molar refractivity (Wildman–Crippen MR) is 131 cm³/mol. The topological polar surface area (TPSA) is 138 Å². The van der Waals surface area contributed by atoms with Gasteiger partial charge in [0.05, 0.1) is 6.61 Å². The Morgan fingerprint density at radius 2 is 1.94 bits per heavy atom. The van der Waals surface area contributed by atoms with Gasteiger partial charge < -0.3 is 13.9 Å². The average molecular weight is 532 g/mol. The van der Waals surface area contributed by atoms with Gasteiger partial charge >= 0.3 is 5.69 Å². The van der Waals surface area contributed by atoms with Crippen LogP contribution in [0.5, 0.6) is 0 Å². The van der Waals surface area contributed by atoms with Crippen LogP contribution in [0, 0.1) is 12.8 Å². The van der Waals surface area contributed by atoms with Crippen molar-refractivity contribution in [2.24, 2.45) is 5.92 Å². The number of aryl methyl sites for hydroxylation is 1. The molecule has 0 amide bonds. The van der Waals surface area contributed by atoms with Crippen molar-refractivity contribution in [3.8, 4) is 0 Å². The Morgan fingerprint density at radius 3 is 2.54 bits per heavy atom. The zero-order valence-electron chi connectivity index (χ0n) is 21.6. The summed E-state index contributed by atoms with van der Waals surface area (Å²) in [6.45, 7) is 16.3. The van der Waals surface area contributed by atoms with Crippen LogP contribution in [0.1, 0.15) is 46.4 Å². The number of aromatic amines is 1. The summed E-state index contributed by atoms with van der Waals surface area (Å²) in [4.78, 5) is 27.2. The second-order valence-electron chi connectivity index (χ2n) is 11.8. The summed E-state index contributed by atoms with van der Waals surface area (Å²) in [6.07, 6.45) is -1.39. The number of hydrogen-bond acceptors (Lipinski definition) is 9. The van der Waals surface area contributed by atoms with Gasteiger partial charge in [0, 0.05) is 18.3 Å². The molecule has 0 aliphatic carbocycles. The van der Waals surface area contributed by atoms with Crippen molar-refractivity contribution in [2.45, 2.75) is 89.4 Å². The highest BCUT2D eigenvalue weighted by molar-refractivity contribution is 7.87. The monoisotopic (exact) mass is 531 g/mol. The highest BCUT2D eigenvalue weighted by atomic mass is 32.2. The molecule has 0 aromatic carbocycles.